The van der Waals surface area contributed by atoms with Crippen molar-refractivity contribution in [2.75, 3.05) is 44.4 Å². The summed E-state index contributed by atoms with van der Waals surface area (Å²) in [7, 11) is 4.07. The van der Waals surface area contributed by atoms with Crippen molar-refractivity contribution in [1.82, 2.24) is 9.88 Å². The van der Waals surface area contributed by atoms with Crippen molar-refractivity contribution in [2.24, 2.45) is 0 Å². The van der Waals surface area contributed by atoms with E-state index in [1.807, 2.05) is 44.1 Å². The first-order valence-electron chi connectivity index (χ1n) is 10.8. The zero-order chi connectivity index (χ0) is 22.9. The molecule has 0 bridgehead atoms. The lowest BCUT2D eigenvalue weighted by Crippen LogP contribution is -2.33. The van der Waals surface area contributed by atoms with Crippen LogP contribution in [0.1, 0.15) is 26.2 Å². The molecule has 1 amide bonds. The van der Waals surface area contributed by atoms with Crippen molar-refractivity contribution in [1.29, 1.82) is 0 Å². The summed E-state index contributed by atoms with van der Waals surface area (Å²) in [6.45, 7) is 4.12. The second-order valence-electron chi connectivity index (χ2n) is 7.67. The molecule has 180 valence electrons. The molecule has 1 aromatic heterocycles. The van der Waals surface area contributed by atoms with E-state index < -0.39 is 0 Å². The number of fused-ring (bicyclic) bond motifs is 1. The monoisotopic (exact) mass is 511 g/mol. The zero-order valence-corrected chi connectivity index (χ0v) is 21.7. The van der Waals surface area contributed by atoms with Gasteiger partial charge in [-0.1, -0.05) is 11.3 Å². The van der Waals surface area contributed by atoms with Gasteiger partial charge < -0.3 is 9.64 Å². The number of ether oxygens (including phenoxy) is 1. The van der Waals surface area contributed by atoms with Gasteiger partial charge in [-0.2, -0.15) is 0 Å². The molecule has 3 aromatic rings. The lowest BCUT2D eigenvalue weighted by molar-refractivity contribution is -0.118. The molecular formula is C24H31ClFN3O2S2. The third-order valence-corrected chi connectivity index (χ3v) is 6.94. The number of nitrogens with zero attached hydrogens (tertiary/aromatic N) is 3. The van der Waals surface area contributed by atoms with Gasteiger partial charge in [0.1, 0.15) is 11.6 Å². The molecule has 1 heterocycles. The fraction of sp³-hybridized carbons (Fsp3) is 0.417. The van der Waals surface area contributed by atoms with Crippen LogP contribution in [0.4, 0.5) is 9.52 Å². The van der Waals surface area contributed by atoms with Crippen LogP contribution in [0.25, 0.3) is 10.2 Å². The van der Waals surface area contributed by atoms with Gasteiger partial charge in [0.2, 0.25) is 5.91 Å². The van der Waals surface area contributed by atoms with Crippen LogP contribution in [-0.2, 0) is 4.79 Å². The van der Waals surface area contributed by atoms with Crippen LogP contribution < -0.4 is 9.64 Å². The molecule has 2 aromatic carbocycles. The molecule has 0 spiro atoms. The highest BCUT2D eigenvalue weighted by Crippen LogP contribution is 2.32. The minimum atomic E-state index is -0.234. The molecule has 0 fully saturated rings. The average molecular weight is 512 g/mol. The molecule has 0 saturated carbocycles. The lowest BCUT2D eigenvalue weighted by Gasteiger charge is -2.21. The van der Waals surface area contributed by atoms with Gasteiger partial charge in [-0.3, -0.25) is 9.69 Å². The third-order valence-electron chi connectivity index (χ3n) is 4.80. The molecule has 0 unspecified atom stereocenters. The highest BCUT2D eigenvalue weighted by atomic mass is 35.5. The Labute approximate surface area is 209 Å². The van der Waals surface area contributed by atoms with E-state index in [0.29, 0.717) is 19.6 Å². The zero-order valence-electron chi connectivity index (χ0n) is 19.3. The molecule has 0 aliphatic heterocycles. The number of hydrogen-bond donors (Lipinski definition) is 0. The summed E-state index contributed by atoms with van der Waals surface area (Å²) in [5, 5.41) is 0.739. The summed E-state index contributed by atoms with van der Waals surface area (Å²) in [6.07, 6.45) is 2.09. The van der Waals surface area contributed by atoms with Crippen LogP contribution >= 0.6 is 35.5 Å². The van der Waals surface area contributed by atoms with Crippen LogP contribution in [-0.4, -0.2) is 55.3 Å². The molecule has 0 aliphatic rings. The first kappa shape index (κ1) is 27.4. The summed E-state index contributed by atoms with van der Waals surface area (Å²) >= 11 is 3.17. The van der Waals surface area contributed by atoms with E-state index in [-0.39, 0.29) is 24.1 Å². The van der Waals surface area contributed by atoms with Gasteiger partial charge in [-0.25, -0.2) is 9.37 Å². The Morgan fingerprint density at radius 1 is 1.12 bits per heavy atom. The molecule has 0 radical (unpaired) electrons. The Kier molecular flexibility index (Phi) is 11.4. The molecule has 5 nitrogen and oxygen atoms in total. The summed E-state index contributed by atoms with van der Waals surface area (Å²) in [5.41, 5.74) is 0.880. The molecule has 3 rings (SSSR count). The second-order valence-corrected chi connectivity index (χ2v) is 9.84. The topological polar surface area (TPSA) is 45.7 Å². The Hall–Kier alpha value is -1.87. The van der Waals surface area contributed by atoms with Crippen LogP contribution in [0.2, 0.25) is 0 Å². The van der Waals surface area contributed by atoms with E-state index in [2.05, 4.69) is 4.90 Å². The average Bonchev–Trinajstić information content (AvgIpc) is 3.18. The Morgan fingerprint density at radius 2 is 1.88 bits per heavy atom. The fourth-order valence-electron chi connectivity index (χ4n) is 3.22. The van der Waals surface area contributed by atoms with Crippen LogP contribution in [0.15, 0.2) is 47.4 Å². The van der Waals surface area contributed by atoms with Crippen molar-refractivity contribution >= 4 is 56.8 Å². The molecule has 9 heteroatoms. The Balaban J connectivity index is 0.00000385. The molecule has 0 aliphatic carbocycles. The van der Waals surface area contributed by atoms with E-state index in [4.69, 9.17) is 9.72 Å². The fourth-order valence-corrected chi connectivity index (χ4v) is 5.11. The SMILES string of the molecule is CCOc1ccc2nc(N(CCCN(C)C)C(=O)CCCSc3ccc(F)cc3)sc2c1.Cl. The quantitative estimate of drug-likeness (QED) is 0.217. The molecule has 0 atom stereocenters. The van der Waals surface area contributed by atoms with E-state index in [9.17, 15) is 9.18 Å². The van der Waals surface area contributed by atoms with E-state index in [1.54, 1.807) is 23.9 Å². The summed E-state index contributed by atoms with van der Waals surface area (Å²) in [6, 6.07) is 12.3. The molecule has 0 saturated heterocycles. The predicted molar refractivity (Wildman–Crippen MR) is 140 cm³/mol. The highest BCUT2D eigenvalue weighted by molar-refractivity contribution is 7.99. The number of benzene rings is 2. The van der Waals surface area contributed by atoms with E-state index in [1.165, 1.54) is 23.5 Å². The van der Waals surface area contributed by atoms with Crippen LogP contribution in [0.5, 0.6) is 5.75 Å². The minimum absolute atomic E-state index is 0. The number of aromatic nitrogens is 1. The standard InChI is InChI=1S/C24H30FN3O2S2.ClH/c1-4-30-19-10-13-21-22(17-19)32-24(26-21)28(15-6-14-27(2)3)23(29)7-5-16-31-20-11-8-18(25)9-12-20;/h8-13,17H,4-7,14-16H2,1-3H3;1H. The Bertz CT molecular complexity index is 1010. The molecule has 33 heavy (non-hydrogen) atoms. The number of halogens is 2. The maximum atomic E-state index is 13.1. The van der Waals surface area contributed by atoms with Crippen molar-refractivity contribution in [2.45, 2.75) is 31.1 Å². The summed E-state index contributed by atoms with van der Waals surface area (Å²) < 4.78 is 19.7. The number of thioether (sulfide) groups is 1. The van der Waals surface area contributed by atoms with Gasteiger partial charge in [0.15, 0.2) is 5.13 Å². The summed E-state index contributed by atoms with van der Waals surface area (Å²) in [5.74, 6) is 1.48. The first-order chi connectivity index (χ1) is 15.5. The number of thiazole rings is 1. The maximum absolute atomic E-state index is 13.1. The van der Waals surface area contributed by atoms with Crippen molar-refractivity contribution in [3.8, 4) is 5.75 Å². The van der Waals surface area contributed by atoms with Gasteiger partial charge in [-0.05, 0) is 88.6 Å². The number of amides is 1. The largest absolute Gasteiger partial charge is 0.494 e. The van der Waals surface area contributed by atoms with Crippen molar-refractivity contribution in [3.63, 3.8) is 0 Å². The highest BCUT2D eigenvalue weighted by Gasteiger charge is 2.19. The van der Waals surface area contributed by atoms with Gasteiger partial charge in [-0.15, -0.1) is 24.2 Å². The normalized spacial score (nSPS) is 10.9. The van der Waals surface area contributed by atoms with Gasteiger partial charge >= 0.3 is 0 Å². The van der Waals surface area contributed by atoms with Gasteiger partial charge in [0.05, 0.1) is 16.8 Å². The lowest BCUT2D eigenvalue weighted by atomic mass is 10.3. The number of carbonyl (C=O) groups excluding carboxylic acids is 1. The van der Waals surface area contributed by atoms with E-state index >= 15 is 0 Å². The smallest absolute Gasteiger partial charge is 0.228 e. The van der Waals surface area contributed by atoms with E-state index in [0.717, 1.165) is 51.1 Å². The van der Waals surface area contributed by atoms with Gasteiger partial charge in [0.25, 0.3) is 0 Å². The number of rotatable bonds is 12. The summed E-state index contributed by atoms with van der Waals surface area (Å²) in [4.78, 5) is 22.8. The number of carbonyl (C=O) groups is 1. The van der Waals surface area contributed by atoms with Crippen molar-refractivity contribution < 1.29 is 13.9 Å². The first-order valence-corrected chi connectivity index (χ1v) is 12.6. The maximum Gasteiger partial charge on any atom is 0.228 e. The number of anilines is 1. The van der Waals surface area contributed by atoms with Crippen molar-refractivity contribution in [3.05, 3.63) is 48.3 Å². The van der Waals surface area contributed by atoms with Crippen LogP contribution in [0, 0.1) is 5.82 Å². The second kappa shape index (κ2) is 13.7. The molecule has 0 N–H and O–H groups in total. The van der Waals surface area contributed by atoms with Crippen LogP contribution in [0.3, 0.4) is 0 Å². The number of hydrogen-bond acceptors (Lipinski definition) is 6. The third kappa shape index (κ3) is 8.45. The predicted octanol–water partition coefficient (Wildman–Crippen LogP) is 6.11. The Morgan fingerprint density at radius 3 is 2.58 bits per heavy atom. The van der Waals surface area contributed by atoms with Gasteiger partial charge in [0, 0.05) is 17.9 Å². The molecular weight excluding hydrogens is 481 g/mol. The minimum Gasteiger partial charge on any atom is -0.494 e.